The average Bonchev–Trinajstić information content (AvgIpc) is 3.68. The lowest BCUT2D eigenvalue weighted by Crippen LogP contribution is -2.19. The summed E-state index contributed by atoms with van der Waals surface area (Å²) in [7, 11) is 0. The van der Waals surface area contributed by atoms with Gasteiger partial charge in [0.15, 0.2) is 0 Å². The van der Waals surface area contributed by atoms with Gasteiger partial charge < -0.3 is 14.1 Å². The fraction of sp³-hybridized carbons (Fsp3) is 0.200. The predicted molar refractivity (Wildman–Crippen MR) is 142 cm³/mol. The van der Waals surface area contributed by atoms with Gasteiger partial charge in [-0.2, -0.15) is 5.10 Å². The van der Waals surface area contributed by atoms with E-state index in [0.717, 1.165) is 74.0 Å². The number of ether oxygens (including phenoxy) is 1. The van der Waals surface area contributed by atoms with Gasteiger partial charge in [-0.15, -0.1) is 0 Å². The SMILES string of the molecule is c1cc(-c2ccoc2)c2cc(-c3n[nH]c4ccc(-c5cncc(OC6CCCCC6)c5)cc34)[nH]c2c1. The van der Waals surface area contributed by atoms with Crippen molar-refractivity contribution in [2.45, 2.75) is 38.2 Å². The lowest BCUT2D eigenvalue weighted by Gasteiger charge is -2.23. The number of rotatable bonds is 5. The number of hydrogen-bond acceptors (Lipinski definition) is 4. The quantitative estimate of drug-likeness (QED) is 0.268. The van der Waals surface area contributed by atoms with Gasteiger partial charge in [0.2, 0.25) is 0 Å². The molecule has 1 aliphatic carbocycles. The van der Waals surface area contributed by atoms with E-state index in [2.05, 4.69) is 68.7 Å². The normalized spacial score (nSPS) is 14.6. The second kappa shape index (κ2) is 8.72. The van der Waals surface area contributed by atoms with Crippen molar-refractivity contribution < 1.29 is 9.15 Å². The van der Waals surface area contributed by atoms with Gasteiger partial charge in [0.05, 0.1) is 36.0 Å². The molecule has 0 saturated heterocycles. The van der Waals surface area contributed by atoms with Gasteiger partial charge in [-0.3, -0.25) is 10.1 Å². The van der Waals surface area contributed by atoms with Crippen LogP contribution in [0, 0.1) is 0 Å². The molecule has 2 N–H and O–H groups in total. The molecule has 0 spiro atoms. The van der Waals surface area contributed by atoms with Crippen molar-refractivity contribution in [3.63, 3.8) is 0 Å². The third-order valence-corrected chi connectivity index (χ3v) is 7.22. The van der Waals surface area contributed by atoms with Crippen LogP contribution in [0.5, 0.6) is 5.75 Å². The smallest absolute Gasteiger partial charge is 0.138 e. The Labute approximate surface area is 208 Å². The van der Waals surface area contributed by atoms with Crippen molar-refractivity contribution in [3.05, 3.63) is 79.5 Å². The summed E-state index contributed by atoms with van der Waals surface area (Å²) in [5.74, 6) is 0.842. The number of aromatic amines is 2. The molecule has 7 rings (SSSR count). The number of pyridine rings is 1. The summed E-state index contributed by atoms with van der Waals surface area (Å²) in [6, 6.07) is 18.9. The summed E-state index contributed by atoms with van der Waals surface area (Å²) in [6.07, 6.45) is 13.6. The summed E-state index contributed by atoms with van der Waals surface area (Å²) in [5.41, 5.74) is 8.23. The molecule has 4 heterocycles. The minimum Gasteiger partial charge on any atom is -0.489 e. The molecule has 0 bridgehead atoms. The van der Waals surface area contributed by atoms with Crippen molar-refractivity contribution in [3.8, 4) is 39.4 Å². The highest BCUT2D eigenvalue weighted by molar-refractivity contribution is 6.01. The standard InChI is InChI=1S/C30H26N4O2/c1-2-5-22(6-3-1)36-23-13-21(16-31-17-23)19-9-10-28-26(14-19)30(34-33-28)29-15-25-24(20-11-12-35-18-20)7-4-8-27(25)32-29/h4,7-18,22,32H,1-3,5-6H2,(H,33,34). The maximum Gasteiger partial charge on any atom is 0.138 e. The predicted octanol–water partition coefficient (Wildman–Crippen LogP) is 7.74. The van der Waals surface area contributed by atoms with Crippen LogP contribution in [0.3, 0.4) is 0 Å². The number of aromatic nitrogens is 4. The molecule has 6 aromatic rings. The zero-order valence-electron chi connectivity index (χ0n) is 19.8. The van der Waals surface area contributed by atoms with Gasteiger partial charge in [-0.05, 0) is 73.2 Å². The highest BCUT2D eigenvalue weighted by Crippen LogP contribution is 2.36. The summed E-state index contributed by atoms with van der Waals surface area (Å²) in [5, 5.41) is 10.1. The van der Waals surface area contributed by atoms with Gasteiger partial charge in [0.1, 0.15) is 11.4 Å². The van der Waals surface area contributed by atoms with E-state index in [1.165, 1.54) is 19.3 Å². The first-order valence-electron chi connectivity index (χ1n) is 12.6. The van der Waals surface area contributed by atoms with E-state index in [4.69, 9.17) is 9.15 Å². The molecule has 1 aliphatic rings. The zero-order chi connectivity index (χ0) is 23.9. The van der Waals surface area contributed by atoms with Gasteiger partial charge >= 0.3 is 0 Å². The molecule has 1 saturated carbocycles. The van der Waals surface area contributed by atoms with E-state index in [0.29, 0.717) is 6.10 Å². The summed E-state index contributed by atoms with van der Waals surface area (Å²) in [6.45, 7) is 0. The lowest BCUT2D eigenvalue weighted by atomic mass is 9.98. The van der Waals surface area contributed by atoms with E-state index in [1.54, 1.807) is 12.5 Å². The average molecular weight is 475 g/mol. The molecule has 0 amide bonds. The number of furan rings is 1. The largest absolute Gasteiger partial charge is 0.489 e. The number of nitrogens with one attached hydrogen (secondary N) is 2. The fourth-order valence-electron chi connectivity index (χ4n) is 5.37. The second-order valence-electron chi connectivity index (χ2n) is 9.58. The van der Waals surface area contributed by atoms with E-state index in [-0.39, 0.29) is 0 Å². The van der Waals surface area contributed by atoms with Crippen molar-refractivity contribution >= 4 is 21.8 Å². The molecule has 0 aliphatic heterocycles. The Morgan fingerprint density at radius 3 is 2.67 bits per heavy atom. The first kappa shape index (κ1) is 21.0. The Morgan fingerprint density at radius 1 is 0.833 bits per heavy atom. The minimum absolute atomic E-state index is 0.299. The Kier molecular flexibility index (Phi) is 5.09. The molecule has 0 radical (unpaired) electrons. The van der Waals surface area contributed by atoms with Gasteiger partial charge in [-0.1, -0.05) is 24.6 Å². The topological polar surface area (TPSA) is 79.7 Å². The molecule has 2 aromatic carbocycles. The maximum atomic E-state index is 6.27. The highest BCUT2D eigenvalue weighted by atomic mass is 16.5. The summed E-state index contributed by atoms with van der Waals surface area (Å²) < 4.78 is 11.6. The van der Waals surface area contributed by atoms with Gasteiger partial charge in [-0.25, -0.2) is 0 Å². The second-order valence-corrected chi connectivity index (χ2v) is 9.58. The Hall–Kier alpha value is -4.32. The van der Waals surface area contributed by atoms with Crippen LogP contribution in [0.25, 0.3) is 55.4 Å². The van der Waals surface area contributed by atoms with Crippen LogP contribution in [0.1, 0.15) is 32.1 Å². The number of benzene rings is 2. The highest BCUT2D eigenvalue weighted by Gasteiger charge is 2.17. The monoisotopic (exact) mass is 474 g/mol. The van der Waals surface area contributed by atoms with Crippen molar-refractivity contribution in [1.82, 2.24) is 20.2 Å². The first-order chi connectivity index (χ1) is 17.8. The molecule has 1 fully saturated rings. The molecule has 4 aromatic heterocycles. The van der Waals surface area contributed by atoms with Crippen LogP contribution in [0.2, 0.25) is 0 Å². The van der Waals surface area contributed by atoms with E-state index < -0.39 is 0 Å². The van der Waals surface area contributed by atoms with Crippen LogP contribution >= 0.6 is 0 Å². The van der Waals surface area contributed by atoms with E-state index in [1.807, 2.05) is 18.5 Å². The van der Waals surface area contributed by atoms with E-state index >= 15 is 0 Å². The van der Waals surface area contributed by atoms with Crippen LogP contribution in [0.4, 0.5) is 0 Å². The van der Waals surface area contributed by atoms with Crippen molar-refractivity contribution in [2.75, 3.05) is 0 Å². The zero-order valence-corrected chi connectivity index (χ0v) is 19.8. The fourth-order valence-corrected chi connectivity index (χ4v) is 5.37. The molecule has 6 nitrogen and oxygen atoms in total. The van der Waals surface area contributed by atoms with Crippen LogP contribution in [-0.4, -0.2) is 26.3 Å². The molecule has 178 valence electrons. The Bertz CT molecular complexity index is 1660. The molecule has 6 heteroatoms. The first-order valence-corrected chi connectivity index (χ1v) is 12.6. The molecule has 36 heavy (non-hydrogen) atoms. The third-order valence-electron chi connectivity index (χ3n) is 7.22. The number of H-pyrrole nitrogens is 2. The van der Waals surface area contributed by atoms with Crippen molar-refractivity contribution in [1.29, 1.82) is 0 Å². The van der Waals surface area contributed by atoms with Crippen LogP contribution in [0.15, 0.2) is 83.9 Å². The molecule has 0 atom stereocenters. The van der Waals surface area contributed by atoms with E-state index in [9.17, 15) is 0 Å². The molecular weight excluding hydrogens is 448 g/mol. The summed E-state index contributed by atoms with van der Waals surface area (Å²) >= 11 is 0. The van der Waals surface area contributed by atoms with Gasteiger partial charge in [0, 0.05) is 33.6 Å². The number of fused-ring (bicyclic) bond motifs is 2. The van der Waals surface area contributed by atoms with Crippen molar-refractivity contribution in [2.24, 2.45) is 0 Å². The lowest BCUT2D eigenvalue weighted by molar-refractivity contribution is 0.154. The Balaban J connectivity index is 1.26. The summed E-state index contributed by atoms with van der Waals surface area (Å²) in [4.78, 5) is 8.04. The van der Waals surface area contributed by atoms with Crippen LogP contribution in [-0.2, 0) is 0 Å². The minimum atomic E-state index is 0.299. The molecular formula is C30H26N4O2. The number of nitrogens with zero attached hydrogens (tertiary/aromatic N) is 2. The number of hydrogen-bond donors (Lipinski definition) is 2. The third kappa shape index (κ3) is 3.75. The maximum absolute atomic E-state index is 6.27. The van der Waals surface area contributed by atoms with Crippen LogP contribution < -0.4 is 4.74 Å². The Morgan fingerprint density at radius 2 is 1.78 bits per heavy atom. The molecule has 0 unspecified atom stereocenters. The van der Waals surface area contributed by atoms with Gasteiger partial charge in [0.25, 0.3) is 0 Å².